The highest BCUT2D eigenvalue weighted by Crippen LogP contribution is 2.53. The van der Waals surface area contributed by atoms with Crippen LogP contribution in [0.25, 0.3) is 99.5 Å². The standard InChI is InChI=1S/C61H41NO/c1-61(2)56-36-42(38-11-4-3-5-12-38)23-30-49(56)50-31-29-45(37-57(50)61)62(43-25-19-39(20-26-43)41-24-34-59-55(35-41)51-15-8-9-18-58(51)63-59)44-27-21-40(22-28-44)46-32-33-54-48-14-7-6-13-47(48)53-17-10-16-52(46)60(53)54/h3-37H,1-2H3. The van der Waals surface area contributed by atoms with Crippen molar-refractivity contribution in [2.75, 3.05) is 4.90 Å². The van der Waals surface area contributed by atoms with Crippen LogP contribution in [-0.4, -0.2) is 0 Å². The van der Waals surface area contributed by atoms with Gasteiger partial charge in [-0.05, 0) is 149 Å². The van der Waals surface area contributed by atoms with Crippen molar-refractivity contribution in [3.05, 3.63) is 223 Å². The van der Waals surface area contributed by atoms with Crippen molar-refractivity contribution in [3.63, 3.8) is 0 Å². The average Bonchev–Trinajstić information content (AvgIpc) is 3.95. The molecule has 0 atom stereocenters. The van der Waals surface area contributed by atoms with E-state index < -0.39 is 0 Å². The Bertz CT molecular complexity index is 3600. The molecule has 296 valence electrons. The van der Waals surface area contributed by atoms with Gasteiger partial charge in [-0.15, -0.1) is 0 Å². The van der Waals surface area contributed by atoms with E-state index in [1.165, 1.54) is 77.5 Å². The number of fused-ring (bicyclic) bond motifs is 9. The first-order valence-electron chi connectivity index (χ1n) is 21.9. The van der Waals surface area contributed by atoms with Gasteiger partial charge in [-0.3, -0.25) is 0 Å². The van der Waals surface area contributed by atoms with Crippen molar-refractivity contribution in [2.24, 2.45) is 0 Å². The van der Waals surface area contributed by atoms with E-state index in [1.54, 1.807) is 0 Å². The van der Waals surface area contributed by atoms with E-state index in [4.69, 9.17) is 4.42 Å². The summed E-state index contributed by atoms with van der Waals surface area (Å²) in [5.74, 6) is 0. The third-order valence-corrected chi connectivity index (χ3v) is 13.8. The fraction of sp³-hybridized carbons (Fsp3) is 0.0492. The van der Waals surface area contributed by atoms with Gasteiger partial charge in [0.25, 0.3) is 0 Å². The predicted molar refractivity (Wildman–Crippen MR) is 264 cm³/mol. The third-order valence-electron chi connectivity index (χ3n) is 13.8. The minimum absolute atomic E-state index is 0.184. The van der Waals surface area contributed by atoms with Gasteiger partial charge >= 0.3 is 0 Å². The first kappa shape index (κ1) is 35.8. The predicted octanol–water partition coefficient (Wildman–Crippen LogP) is 17.2. The molecule has 13 rings (SSSR count). The molecule has 0 saturated heterocycles. The molecule has 1 heterocycles. The molecule has 2 aliphatic rings. The maximum Gasteiger partial charge on any atom is 0.135 e. The van der Waals surface area contributed by atoms with Gasteiger partial charge in [-0.2, -0.15) is 0 Å². The average molecular weight is 804 g/mol. The van der Waals surface area contributed by atoms with Gasteiger partial charge < -0.3 is 9.32 Å². The molecule has 0 saturated carbocycles. The Balaban J connectivity index is 0.915. The second kappa shape index (κ2) is 13.5. The first-order chi connectivity index (χ1) is 31.0. The molecule has 0 radical (unpaired) electrons. The monoisotopic (exact) mass is 803 g/mol. The van der Waals surface area contributed by atoms with Crippen LogP contribution in [0.15, 0.2) is 217 Å². The molecule has 63 heavy (non-hydrogen) atoms. The molecule has 2 aliphatic carbocycles. The van der Waals surface area contributed by atoms with Gasteiger partial charge in [-0.1, -0.05) is 166 Å². The number of hydrogen-bond donors (Lipinski definition) is 0. The number of furan rings is 1. The molecule has 0 N–H and O–H groups in total. The second-order valence-electron chi connectivity index (χ2n) is 17.7. The highest BCUT2D eigenvalue weighted by Gasteiger charge is 2.36. The van der Waals surface area contributed by atoms with Crippen LogP contribution in [0, 0.1) is 0 Å². The maximum atomic E-state index is 6.16. The maximum absolute atomic E-state index is 6.16. The van der Waals surface area contributed by atoms with Gasteiger partial charge in [0.2, 0.25) is 0 Å². The summed E-state index contributed by atoms with van der Waals surface area (Å²) in [5.41, 5.74) is 22.9. The van der Waals surface area contributed by atoms with Gasteiger partial charge in [0.05, 0.1) is 0 Å². The van der Waals surface area contributed by atoms with Crippen molar-refractivity contribution in [3.8, 4) is 66.8 Å². The summed E-state index contributed by atoms with van der Waals surface area (Å²) in [7, 11) is 0. The third kappa shape index (κ3) is 5.44. The van der Waals surface area contributed by atoms with Crippen molar-refractivity contribution in [1.29, 1.82) is 0 Å². The summed E-state index contributed by atoms with van der Waals surface area (Å²) in [6.07, 6.45) is 0. The largest absolute Gasteiger partial charge is 0.456 e. The highest BCUT2D eigenvalue weighted by atomic mass is 16.3. The molecule has 0 fully saturated rings. The van der Waals surface area contributed by atoms with E-state index in [0.29, 0.717) is 0 Å². The SMILES string of the molecule is CC1(C)c2cc(-c3ccccc3)ccc2-c2ccc(N(c3ccc(-c4ccc5oc6ccccc6c5c4)cc3)c3ccc(-c4ccc5c6c(cccc46)-c4ccccc4-5)cc3)cc21. The van der Waals surface area contributed by atoms with Gasteiger partial charge in [0.15, 0.2) is 0 Å². The normalized spacial score (nSPS) is 13.0. The first-order valence-corrected chi connectivity index (χ1v) is 21.9. The Labute approximate surface area is 367 Å². The Morgan fingerprint density at radius 1 is 0.317 bits per heavy atom. The van der Waals surface area contributed by atoms with Crippen LogP contribution in [0.3, 0.4) is 0 Å². The molecular formula is C61H41NO. The van der Waals surface area contributed by atoms with Gasteiger partial charge in [0, 0.05) is 33.2 Å². The van der Waals surface area contributed by atoms with E-state index >= 15 is 0 Å². The molecule has 0 aliphatic heterocycles. The lowest BCUT2D eigenvalue weighted by atomic mass is 9.81. The van der Waals surface area contributed by atoms with Crippen molar-refractivity contribution < 1.29 is 4.42 Å². The summed E-state index contributed by atoms with van der Waals surface area (Å²) in [5, 5.41) is 4.91. The van der Waals surface area contributed by atoms with Crippen molar-refractivity contribution in [2.45, 2.75) is 19.3 Å². The zero-order valence-corrected chi connectivity index (χ0v) is 35.1. The number of benzene rings is 10. The van der Waals surface area contributed by atoms with E-state index in [0.717, 1.165) is 50.1 Å². The molecule has 0 amide bonds. The lowest BCUT2D eigenvalue weighted by Gasteiger charge is -2.28. The number of anilines is 3. The van der Waals surface area contributed by atoms with E-state index in [-0.39, 0.29) is 5.41 Å². The number of hydrogen-bond acceptors (Lipinski definition) is 2. The Kier molecular flexibility index (Phi) is 7.68. The van der Waals surface area contributed by atoms with Crippen LogP contribution < -0.4 is 4.90 Å². The summed E-state index contributed by atoms with van der Waals surface area (Å²) in [6.45, 7) is 4.75. The lowest BCUT2D eigenvalue weighted by molar-refractivity contribution is 0.660. The van der Waals surface area contributed by atoms with Crippen LogP contribution >= 0.6 is 0 Å². The fourth-order valence-electron chi connectivity index (χ4n) is 10.7. The molecule has 11 aromatic rings. The number of nitrogens with zero attached hydrogens (tertiary/aromatic N) is 1. The van der Waals surface area contributed by atoms with Crippen LogP contribution in [0.1, 0.15) is 25.0 Å². The van der Waals surface area contributed by atoms with Crippen LogP contribution in [0.5, 0.6) is 0 Å². The van der Waals surface area contributed by atoms with E-state index in [9.17, 15) is 0 Å². The van der Waals surface area contributed by atoms with Gasteiger partial charge in [0.1, 0.15) is 11.2 Å². The minimum Gasteiger partial charge on any atom is -0.456 e. The molecule has 10 aromatic carbocycles. The van der Waals surface area contributed by atoms with Crippen LogP contribution in [-0.2, 0) is 5.41 Å². The molecule has 2 nitrogen and oxygen atoms in total. The lowest BCUT2D eigenvalue weighted by Crippen LogP contribution is -2.16. The Morgan fingerprint density at radius 2 is 0.825 bits per heavy atom. The quantitative estimate of drug-likeness (QED) is 0.166. The molecule has 0 bridgehead atoms. The summed E-state index contributed by atoms with van der Waals surface area (Å²) in [6, 6.07) is 78.0. The smallest absolute Gasteiger partial charge is 0.135 e. The topological polar surface area (TPSA) is 16.4 Å². The number of para-hydroxylation sites is 1. The highest BCUT2D eigenvalue weighted by molar-refractivity contribution is 6.18. The fourth-order valence-corrected chi connectivity index (χ4v) is 10.7. The van der Waals surface area contributed by atoms with Crippen LogP contribution in [0.2, 0.25) is 0 Å². The second-order valence-corrected chi connectivity index (χ2v) is 17.7. The summed E-state index contributed by atoms with van der Waals surface area (Å²) >= 11 is 0. The van der Waals surface area contributed by atoms with Crippen molar-refractivity contribution >= 4 is 49.8 Å². The van der Waals surface area contributed by atoms with Crippen LogP contribution in [0.4, 0.5) is 17.1 Å². The number of rotatable bonds is 6. The van der Waals surface area contributed by atoms with Gasteiger partial charge in [-0.25, -0.2) is 0 Å². The molecule has 1 aromatic heterocycles. The summed E-state index contributed by atoms with van der Waals surface area (Å²) < 4.78 is 6.16. The zero-order chi connectivity index (χ0) is 41.8. The molecule has 2 heteroatoms. The minimum atomic E-state index is -0.184. The van der Waals surface area contributed by atoms with Crippen molar-refractivity contribution in [1.82, 2.24) is 0 Å². The molecule has 0 unspecified atom stereocenters. The Hall–Kier alpha value is -7.94. The van der Waals surface area contributed by atoms with E-state index in [1.807, 2.05) is 12.1 Å². The summed E-state index contributed by atoms with van der Waals surface area (Å²) in [4.78, 5) is 2.42. The van der Waals surface area contributed by atoms with E-state index in [2.05, 4.69) is 219 Å². The zero-order valence-electron chi connectivity index (χ0n) is 35.1. The molecular weight excluding hydrogens is 763 g/mol. The Morgan fingerprint density at radius 3 is 1.60 bits per heavy atom. The molecule has 0 spiro atoms.